The van der Waals surface area contributed by atoms with E-state index in [9.17, 15) is 0 Å². The van der Waals surface area contributed by atoms with Gasteiger partial charge in [0.15, 0.2) is 0 Å². The minimum absolute atomic E-state index is 1.16. The maximum Gasteiger partial charge on any atom is 0.317 e. The molecule has 0 unspecified atom stereocenters. The highest BCUT2D eigenvalue weighted by Crippen LogP contribution is 1.77. The zero-order chi connectivity index (χ0) is 6.99. The number of hydrogen-bond acceptors (Lipinski definition) is 3. The maximum absolute atomic E-state index is 4.82. The third-order valence-electron chi connectivity index (χ3n) is 0.664. The molecule has 0 rings (SSSR count). The normalized spacial score (nSPS) is 8.25. The van der Waals surface area contributed by atoms with Crippen LogP contribution in [0.3, 0.4) is 0 Å². The molecule has 0 saturated heterocycles. The van der Waals surface area contributed by atoms with Crippen LogP contribution in [0.4, 0.5) is 0 Å². The predicted octanol–water partition coefficient (Wildman–Crippen LogP) is 0.675. The van der Waals surface area contributed by atoms with Gasteiger partial charge in [0, 0.05) is 14.2 Å². The highest BCUT2D eigenvalue weighted by molar-refractivity contribution is 7.79. The van der Waals surface area contributed by atoms with Crippen LogP contribution in [0.15, 0.2) is 0 Å². The molecule has 0 radical (unpaired) electrons. The summed E-state index contributed by atoms with van der Waals surface area (Å²) in [6.07, 6.45) is 1.69. The van der Waals surface area contributed by atoms with Gasteiger partial charge in [0.25, 0.3) is 0 Å². The molecule has 0 aromatic carbocycles. The summed E-state index contributed by atoms with van der Waals surface area (Å²) >= 11 is 3.53. The van der Waals surface area contributed by atoms with Gasteiger partial charge >= 0.3 is 9.28 Å². The summed E-state index contributed by atoms with van der Waals surface area (Å²) in [6.45, 7) is 1.97. The molecule has 0 aliphatic carbocycles. The monoisotopic (exact) mass is 154 g/mol. The van der Waals surface area contributed by atoms with E-state index >= 15 is 0 Å². The van der Waals surface area contributed by atoms with Crippen molar-refractivity contribution >= 4 is 21.9 Å². The van der Waals surface area contributed by atoms with Gasteiger partial charge in [0.2, 0.25) is 0 Å². The average molecular weight is 154 g/mol. The Hall–Kier alpha value is 0.487. The third-order valence-corrected chi connectivity index (χ3v) is 1.99. The van der Waals surface area contributed by atoms with Gasteiger partial charge in [-0.05, 0) is 12.8 Å². The lowest BCUT2D eigenvalue weighted by atomic mass is 11.8. The fourth-order valence-electron chi connectivity index (χ4n) is 0.0962. The van der Waals surface area contributed by atoms with Gasteiger partial charge in [0.1, 0.15) is 0 Å². The molecule has 0 amide bonds. The van der Waals surface area contributed by atoms with E-state index in [0.717, 1.165) is 0 Å². The highest BCUT2D eigenvalue weighted by atomic mass is 32.1. The molecule has 8 heavy (non-hydrogen) atoms. The molecule has 0 aromatic rings. The third kappa shape index (κ3) is 9.70. The van der Waals surface area contributed by atoms with Gasteiger partial charge in [-0.3, -0.25) is 0 Å². The Bertz CT molecular complexity index is 33.2. The van der Waals surface area contributed by atoms with Crippen molar-refractivity contribution in [1.82, 2.24) is 0 Å². The molecule has 0 saturated carbocycles. The van der Waals surface area contributed by atoms with Gasteiger partial charge in [-0.1, -0.05) is 0 Å². The summed E-state index contributed by atoms with van der Waals surface area (Å²) in [4.78, 5) is 0. The van der Waals surface area contributed by atoms with Gasteiger partial charge in [-0.2, -0.15) is 12.6 Å². The molecule has 0 atom stereocenters. The Balaban J connectivity index is 0. The molecule has 4 heteroatoms. The molecule has 2 nitrogen and oxygen atoms in total. The molecule has 0 heterocycles. The molecule has 0 N–H and O–H groups in total. The molecule has 0 fully saturated rings. The van der Waals surface area contributed by atoms with Gasteiger partial charge in [0.05, 0.1) is 0 Å². The van der Waals surface area contributed by atoms with Gasteiger partial charge in [-0.25, -0.2) is 0 Å². The minimum Gasteiger partial charge on any atom is -0.400 e. The summed E-state index contributed by atoms with van der Waals surface area (Å²) in [5, 5.41) is 0. The van der Waals surface area contributed by atoms with Crippen LogP contribution >= 0.6 is 12.6 Å². The lowest BCUT2D eigenvalue weighted by molar-refractivity contribution is 0.285. The van der Waals surface area contributed by atoms with Crippen LogP contribution in [0.2, 0.25) is 6.55 Å². The maximum atomic E-state index is 4.82. The number of hydrogen-bond donors (Lipinski definition) is 1. The van der Waals surface area contributed by atoms with Crippen LogP contribution in [0.25, 0.3) is 0 Å². The average Bonchev–Trinajstić information content (AvgIpc) is 1.91. The minimum atomic E-state index is -1.16. The van der Waals surface area contributed by atoms with E-state index in [1.54, 1.807) is 20.5 Å². The van der Waals surface area contributed by atoms with E-state index in [-0.39, 0.29) is 0 Å². The van der Waals surface area contributed by atoms with E-state index in [2.05, 4.69) is 12.6 Å². The van der Waals surface area contributed by atoms with Crippen molar-refractivity contribution in [1.29, 1.82) is 0 Å². The van der Waals surface area contributed by atoms with Crippen molar-refractivity contribution < 1.29 is 8.85 Å². The molecule has 0 bridgehead atoms. The molecule has 52 valence electrons. The first-order chi connectivity index (χ1) is 3.81. The second-order valence-corrected chi connectivity index (χ2v) is 3.12. The van der Waals surface area contributed by atoms with Crippen molar-refractivity contribution in [3.05, 3.63) is 0 Å². The van der Waals surface area contributed by atoms with E-state index in [1.165, 1.54) is 0 Å². The Labute approximate surface area is 58.4 Å². The summed E-state index contributed by atoms with van der Waals surface area (Å²) in [5.41, 5.74) is 0. The van der Waals surface area contributed by atoms with Gasteiger partial charge < -0.3 is 8.85 Å². The van der Waals surface area contributed by atoms with Crippen molar-refractivity contribution in [2.75, 3.05) is 20.5 Å². The second kappa shape index (κ2) is 10.5. The molecular formula is C4H14O2SSi. The second-order valence-electron chi connectivity index (χ2n) is 1.04. The lowest BCUT2D eigenvalue weighted by Gasteiger charge is -2.00. The fraction of sp³-hybridized carbons (Fsp3) is 1.00. The van der Waals surface area contributed by atoms with E-state index in [4.69, 9.17) is 8.85 Å². The first-order valence-electron chi connectivity index (χ1n) is 2.31. The molecule has 0 aromatic heterocycles. The van der Waals surface area contributed by atoms with Gasteiger partial charge in [-0.15, -0.1) is 0 Å². The SMILES string of the molecule is CO[SiH](C)OC.CS. The van der Waals surface area contributed by atoms with Crippen LogP contribution in [-0.2, 0) is 8.85 Å². The number of rotatable bonds is 2. The number of thiol groups is 1. The first kappa shape index (κ1) is 11.3. The topological polar surface area (TPSA) is 18.5 Å². The zero-order valence-electron chi connectivity index (χ0n) is 5.84. The molecule has 0 aliphatic heterocycles. The van der Waals surface area contributed by atoms with Crippen molar-refractivity contribution in [2.24, 2.45) is 0 Å². The lowest BCUT2D eigenvalue weighted by Crippen LogP contribution is -2.12. The van der Waals surface area contributed by atoms with Crippen LogP contribution in [-0.4, -0.2) is 29.8 Å². The smallest absolute Gasteiger partial charge is 0.317 e. The standard InChI is InChI=1S/C3H10O2Si.CH4S/c1-4-6(3)5-2;1-2/h6H,1-3H3;2H,1H3. The van der Waals surface area contributed by atoms with Crippen LogP contribution in [0.5, 0.6) is 0 Å². The molecular weight excluding hydrogens is 140 g/mol. The van der Waals surface area contributed by atoms with Crippen molar-refractivity contribution in [3.8, 4) is 0 Å². The molecule has 0 spiro atoms. The Morgan fingerprint density at radius 2 is 1.38 bits per heavy atom. The summed E-state index contributed by atoms with van der Waals surface area (Å²) in [5.74, 6) is 0. The Morgan fingerprint density at radius 3 is 1.38 bits per heavy atom. The van der Waals surface area contributed by atoms with E-state index < -0.39 is 9.28 Å². The quantitative estimate of drug-likeness (QED) is 0.466. The zero-order valence-corrected chi connectivity index (χ0v) is 7.89. The van der Waals surface area contributed by atoms with Crippen molar-refractivity contribution in [3.63, 3.8) is 0 Å². The molecule has 0 aliphatic rings. The van der Waals surface area contributed by atoms with Crippen LogP contribution in [0.1, 0.15) is 0 Å². The van der Waals surface area contributed by atoms with E-state index in [0.29, 0.717) is 0 Å². The Morgan fingerprint density at radius 1 is 1.12 bits per heavy atom. The summed E-state index contributed by atoms with van der Waals surface area (Å²) < 4.78 is 9.63. The van der Waals surface area contributed by atoms with Crippen LogP contribution in [0, 0.1) is 0 Å². The van der Waals surface area contributed by atoms with Crippen molar-refractivity contribution in [2.45, 2.75) is 6.55 Å². The first-order valence-corrected chi connectivity index (χ1v) is 5.30. The largest absolute Gasteiger partial charge is 0.400 e. The van der Waals surface area contributed by atoms with Crippen LogP contribution < -0.4 is 0 Å². The Kier molecular flexibility index (Phi) is 14.8. The summed E-state index contributed by atoms with van der Waals surface area (Å²) in [6, 6.07) is 0. The highest BCUT2D eigenvalue weighted by Gasteiger charge is 1.94. The summed E-state index contributed by atoms with van der Waals surface area (Å²) in [7, 11) is 2.17. The fourth-order valence-corrected chi connectivity index (χ4v) is 0.289. The van der Waals surface area contributed by atoms with E-state index in [1.807, 2.05) is 6.55 Å². The predicted molar refractivity (Wildman–Crippen MR) is 41.9 cm³/mol.